The normalized spacial score (nSPS) is 10.1. The van der Waals surface area contributed by atoms with Gasteiger partial charge in [-0.05, 0) is 61.1 Å². The standard InChI is InChI=1S/C13H19IN2O/c1-4-16(5-2)13(17)9-15-12-8-6-7-11(14)10(12)3/h6-8,15H,4-5,9H2,1-3H3. The van der Waals surface area contributed by atoms with Crippen LogP contribution in [0.2, 0.25) is 0 Å². The fourth-order valence-electron chi connectivity index (χ4n) is 1.66. The first-order chi connectivity index (χ1) is 8.10. The highest BCUT2D eigenvalue weighted by molar-refractivity contribution is 14.1. The van der Waals surface area contributed by atoms with E-state index >= 15 is 0 Å². The zero-order chi connectivity index (χ0) is 12.8. The lowest BCUT2D eigenvalue weighted by atomic mass is 10.2. The molecule has 94 valence electrons. The Kier molecular flexibility index (Phi) is 5.74. The van der Waals surface area contributed by atoms with Gasteiger partial charge in [-0.2, -0.15) is 0 Å². The van der Waals surface area contributed by atoms with E-state index in [0.29, 0.717) is 6.54 Å². The number of nitrogens with zero attached hydrogens (tertiary/aromatic N) is 1. The molecule has 0 aliphatic rings. The maximum Gasteiger partial charge on any atom is 0.241 e. The van der Waals surface area contributed by atoms with Gasteiger partial charge in [0, 0.05) is 22.3 Å². The number of nitrogens with one attached hydrogen (secondary N) is 1. The van der Waals surface area contributed by atoms with Crippen molar-refractivity contribution < 1.29 is 4.79 Å². The zero-order valence-electron chi connectivity index (χ0n) is 10.6. The number of hydrogen-bond donors (Lipinski definition) is 1. The number of hydrogen-bond acceptors (Lipinski definition) is 2. The first-order valence-electron chi connectivity index (χ1n) is 5.86. The van der Waals surface area contributed by atoms with Gasteiger partial charge in [-0.3, -0.25) is 4.79 Å². The Morgan fingerprint density at radius 1 is 1.35 bits per heavy atom. The summed E-state index contributed by atoms with van der Waals surface area (Å²) in [7, 11) is 0. The molecule has 0 atom stereocenters. The van der Waals surface area contributed by atoms with Crippen molar-refractivity contribution in [2.45, 2.75) is 20.8 Å². The first kappa shape index (κ1) is 14.3. The Bertz CT molecular complexity index is 389. The van der Waals surface area contributed by atoms with Crippen molar-refractivity contribution in [2.75, 3.05) is 25.0 Å². The number of carbonyl (C=O) groups is 1. The number of anilines is 1. The molecular formula is C13H19IN2O. The Morgan fingerprint density at radius 3 is 2.59 bits per heavy atom. The predicted octanol–water partition coefficient (Wildman–Crippen LogP) is 2.88. The van der Waals surface area contributed by atoms with Gasteiger partial charge in [-0.25, -0.2) is 0 Å². The zero-order valence-corrected chi connectivity index (χ0v) is 12.7. The van der Waals surface area contributed by atoms with Crippen LogP contribution >= 0.6 is 22.6 Å². The molecule has 17 heavy (non-hydrogen) atoms. The number of amides is 1. The molecule has 0 unspecified atom stereocenters. The summed E-state index contributed by atoms with van der Waals surface area (Å²) in [6, 6.07) is 6.07. The van der Waals surface area contributed by atoms with Crippen molar-refractivity contribution >= 4 is 34.2 Å². The molecule has 0 heterocycles. The second-order valence-corrected chi connectivity index (χ2v) is 4.99. The molecule has 0 aliphatic carbocycles. The number of rotatable bonds is 5. The average molecular weight is 346 g/mol. The van der Waals surface area contributed by atoms with Gasteiger partial charge in [-0.15, -0.1) is 0 Å². The van der Waals surface area contributed by atoms with Crippen LogP contribution in [-0.4, -0.2) is 30.4 Å². The molecule has 0 fully saturated rings. The van der Waals surface area contributed by atoms with Crippen LogP contribution in [0.4, 0.5) is 5.69 Å². The largest absolute Gasteiger partial charge is 0.376 e. The Balaban J connectivity index is 2.61. The van der Waals surface area contributed by atoms with Crippen LogP contribution in [0.5, 0.6) is 0 Å². The average Bonchev–Trinajstić information content (AvgIpc) is 2.32. The summed E-state index contributed by atoms with van der Waals surface area (Å²) in [5.74, 6) is 0.147. The maximum atomic E-state index is 11.8. The molecule has 0 radical (unpaired) electrons. The summed E-state index contributed by atoms with van der Waals surface area (Å²) in [4.78, 5) is 13.7. The molecule has 0 bridgehead atoms. The summed E-state index contributed by atoms with van der Waals surface area (Å²) >= 11 is 2.30. The van der Waals surface area contributed by atoms with E-state index in [1.165, 1.54) is 9.13 Å². The third kappa shape index (κ3) is 3.87. The van der Waals surface area contributed by atoms with Crippen molar-refractivity contribution in [3.8, 4) is 0 Å². The lowest BCUT2D eigenvalue weighted by Gasteiger charge is -2.19. The summed E-state index contributed by atoms with van der Waals surface area (Å²) in [6.45, 7) is 7.95. The molecule has 1 aromatic carbocycles. The van der Waals surface area contributed by atoms with E-state index in [9.17, 15) is 4.79 Å². The van der Waals surface area contributed by atoms with Gasteiger partial charge in [0.25, 0.3) is 0 Å². The highest BCUT2D eigenvalue weighted by atomic mass is 127. The van der Waals surface area contributed by atoms with Crippen molar-refractivity contribution in [2.24, 2.45) is 0 Å². The van der Waals surface area contributed by atoms with Crippen LogP contribution in [-0.2, 0) is 4.79 Å². The first-order valence-corrected chi connectivity index (χ1v) is 6.94. The Labute approximate surface area is 117 Å². The molecule has 1 aromatic rings. The molecule has 1 N–H and O–H groups in total. The minimum Gasteiger partial charge on any atom is -0.376 e. The van der Waals surface area contributed by atoms with Crippen molar-refractivity contribution in [3.63, 3.8) is 0 Å². The quantitative estimate of drug-likeness (QED) is 0.832. The van der Waals surface area contributed by atoms with Crippen molar-refractivity contribution in [1.82, 2.24) is 4.90 Å². The smallest absolute Gasteiger partial charge is 0.241 e. The van der Waals surface area contributed by atoms with Crippen LogP contribution in [0.1, 0.15) is 19.4 Å². The van der Waals surface area contributed by atoms with E-state index < -0.39 is 0 Å². The molecule has 3 nitrogen and oxygen atoms in total. The van der Waals surface area contributed by atoms with Gasteiger partial charge in [0.05, 0.1) is 6.54 Å². The summed E-state index contributed by atoms with van der Waals surface area (Å²) in [5, 5.41) is 3.21. The van der Waals surface area contributed by atoms with Crippen molar-refractivity contribution in [1.29, 1.82) is 0 Å². The highest BCUT2D eigenvalue weighted by Gasteiger charge is 2.09. The molecule has 0 aliphatic heterocycles. The third-order valence-electron chi connectivity index (χ3n) is 2.81. The van der Waals surface area contributed by atoms with E-state index in [4.69, 9.17) is 0 Å². The summed E-state index contributed by atoms with van der Waals surface area (Å²) in [6.07, 6.45) is 0. The van der Waals surface area contributed by atoms with Gasteiger partial charge in [0.15, 0.2) is 0 Å². The van der Waals surface area contributed by atoms with E-state index in [1.54, 1.807) is 0 Å². The molecular weight excluding hydrogens is 327 g/mol. The number of carbonyl (C=O) groups excluding carboxylic acids is 1. The lowest BCUT2D eigenvalue weighted by Crippen LogP contribution is -2.35. The van der Waals surface area contributed by atoms with E-state index in [0.717, 1.165) is 18.8 Å². The number of likely N-dealkylation sites (N-methyl/N-ethyl adjacent to an activating group) is 1. The van der Waals surface area contributed by atoms with Crippen LogP contribution < -0.4 is 5.32 Å². The monoisotopic (exact) mass is 346 g/mol. The second kappa shape index (κ2) is 6.83. The molecule has 0 aromatic heterocycles. The van der Waals surface area contributed by atoms with E-state index in [2.05, 4.69) is 40.9 Å². The summed E-state index contributed by atoms with van der Waals surface area (Å²) in [5.41, 5.74) is 2.23. The van der Waals surface area contributed by atoms with Crippen LogP contribution in [0.25, 0.3) is 0 Å². The van der Waals surface area contributed by atoms with Crippen molar-refractivity contribution in [3.05, 3.63) is 27.3 Å². The van der Waals surface area contributed by atoms with Crippen LogP contribution in [0.3, 0.4) is 0 Å². The third-order valence-corrected chi connectivity index (χ3v) is 3.98. The Morgan fingerprint density at radius 2 is 2.00 bits per heavy atom. The molecule has 0 spiro atoms. The molecule has 0 saturated heterocycles. The predicted molar refractivity (Wildman–Crippen MR) is 80.3 cm³/mol. The van der Waals surface area contributed by atoms with Crippen LogP contribution in [0.15, 0.2) is 18.2 Å². The molecule has 1 amide bonds. The number of halogens is 1. The fraction of sp³-hybridized carbons (Fsp3) is 0.462. The van der Waals surface area contributed by atoms with E-state index in [1.807, 2.05) is 30.9 Å². The van der Waals surface area contributed by atoms with Gasteiger partial charge < -0.3 is 10.2 Å². The lowest BCUT2D eigenvalue weighted by molar-refractivity contribution is -0.128. The van der Waals surface area contributed by atoms with Gasteiger partial charge in [-0.1, -0.05) is 6.07 Å². The second-order valence-electron chi connectivity index (χ2n) is 3.83. The van der Waals surface area contributed by atoms with Gasteiger partial charge in [0.2, 0.25) is 5.91 Å². The molecule has 1 rings (SSSR count). The molecule has 0 saturated carbocycles. The summed E-state index contributed by atoms with van der Waals surface area (Å²) < 4.78 is 1.21. The van der Waals surface area contributed by atoms with Gasteiger partial charge in [0.1, 0.15) is 0 Å². The van der Waals surface area contributed by atoms with E-state index in [-0.39, 0.29) is 5.91 Å². The van der Waals surface area contributed by atoms with Gasteiger partial charge >= 0.3 is 0 Å². The van der Waals surface area contributed by atoms with Crippen LogP contribution in [0, 0.1) is 10.5 Å². The number of benzene rings is 1. The minimum atomic E-state index is 0.147. The topological polar surface area (TPSA) is 32.3 Å². The fourth-order valence-corrected chi connectivity index (χ4v) is 2.16. The Hall–Kier alpha value is -0.780. The minimum absolute atomic E-state index is 0.147. The maximum absolute atomic E-state index is 11.8. The SMILES string of the molecule is CCN(CC)C(=O)CNc1cccc(I)c1C. The highest BCUT2D eigenvalue weighted by Crippen LogP contribution is 2.19. The molecule has 4 heteroatoms.